The van der Waals surface area contributed by atoms with Crippen LogP contribution in [0, 0.1) is 11.6 Å². The summed E-state index contributed by atoms with van der Waals surface area (Å²) in [6.07, 6.45) is 1.55. The maximum atomic E-state index is 14.3. The van der Waals surface area contributed by atoms with Gasteiger partial charge in [0.05, 0.1) is 0 Å². The molecular weight excluding hydrogens is 324 g/mol. The number of allylic oxidation sites excluding steroid dienone is 1. The van der Waals surface area contributed by atoms with Crippen molar-refractivity contribution in [2.75, 3.05) is 0 Å². The lowest BCUT2D eigenvalue weighted by atomic mass is 9.82. The van der Waals surface area contributed by atoms with Gasteiger partial charge in [-0.1, -0.05) is 11.6 Å². The molecule has 1 aliphatic carbocycles. The van der Waals surface area contributed by atoms with E-state index >= 15 is 0 Å². The second-order valence-electron chi connectivity index (χ2n) is 5.99. The molecule has 128 valence electrons. The third kappa shape index (κ3) is 3.28. The van der Waals surface area contributed by atoms with Crippen LogP contribution in [0.4, 0.5) is 8.78 Å². The predicted molar refractivity (Wildman–Crippen MR) is 93.0 cm³/mol. The van der Waals surface area contributed by atoms with E-state index in [9.17, 15) is 13.6 Å². The van der Waals surface area contributed by atoms with Crippen LogP contribution in [0.3, 0.4) is 0 Å². The van der Waals surface area contributed by atoms with E-state index in [0.717, 1.165) is 35.6 Å². The number of guanidine groups is 1. The lowest BCUT2D eigenvalue weighted by molar-refractivity contribution is 0.100. The molecule has 3 rings (SSSR count). The van der Waals surface area contributed by atoms with Crippen molar-refractivity contribution in [1.82, 2.24) is 0 Å². The zero-order valence-electron chi connectivity index (χ0n) is 13.6. The topological polar surface area (TPSA) is 81.5 Å². The molecule has 0 aliphatic heterocycles. The molecule has 6 heteroatoms. The molecule has 1 aliphatic rings. The molecule has 0 heterocycles. The number of aryl methyl sites for hydroxylation is 1. The molecule has 4 N–H and O–H groups in total. The molecule has 1 amide bonds. The summed E-state index contributed by atoms with van der Waals surface area (Å²) < 4.78 is 27.6. The molecule has 0 saturated heterocycles. The van der Waals surface area contributed by atoms with Crippen LogP contribution in [0.15, 0.2) is 47.0 Å². The van der Waals surface area contributed by atoms with E-state index < -0.39 is 17.5 Å². The second kappa shape index (κ2) is 6.47. The summed E-state index contributed by atoms with van der Waals surface area (Å²) in [5.74, 6) is -2.15. The monoisotopic (exact) mass is 341 g/mol. The van der Waals surface area contributed by atoms with Crippen molar-refractivity contribution in [3.63, 3.8) is 0 Å². The fourth-order valence-electron chi connectivity index (χ4n) is 3.09. The third-order valence-corrected chi connectivity index (χ3v) is 4.25. The van der Waals surface area contributed by atoms with Gasteiger partial charge in [-0.05, 0) is 60.7 Å². The number of aliphatic imine (C=N–C) groups is 1. The first-order valence-electron chi connectivity index (χ1n) is 7.79. The SMILES string of the molecule is CC1=C(c2ccc(F)cc2F)c2cc(C(=O)N=C(N)N)ccc2CC1. The van der Waals surface area contributed by atoms with Crippen LogP contribution in [-0.2, 0) is 6.42 Å². The quantitative estimate of drug-likeness (QED) is 0.650. The first-order valence-corrected chi connectivity index (χ1v) is 7.79. The van der Waals surface area contributed by atoms with Crippen LogP contribution in [-0.4, -0.2) is 11.9 Å². The number of hydrogen-bond donors (Lipinski definition) is 2. The molecule has 0 spiro atoms. The van der Waals surface area contributed by atoms with Crippen molar-refractivity contribution in [2.45, 2.75) is 19.8 Å². The highest BCUT2D eigenvalue weighted by molar-refractivity contribution is 6.03. The van der Waals surface area contributed by atoms with Gasteiger partial charge in [0.1, 0.15) is 11.6 Å². The highest BCUT2D eigenvalue weighted by atomic mass is 19.1. The van der Waals surface area contributed by atoms with E-state index in [4.69, 9.17) is 11.5 Å². The van der Waals surface area contributed by atoms with E-state index in [0.29, 0.717) is 16.7 Å². The van der Waals surface area contributed by atoms with Gasteiger partial charge in [0.15, 0.2) is 5.96 Å². The average molecular weight is 341 g/mol. The van der Waals surface area contributed by atoms with E-state index in [-0.39, 0.29) is 5.96 Å². The van der Waals surface area contributed by atoms with E-state index in [2.05, 4.69) is 4.99 Å². The van der Waals surface area contributed by atoms with Gasteiger partial charge in [-0.2, -0.15) is 4.99 Å². The molecule has 0 aromatic heterocycles. The predicted octanol–water partition coefficient (Wildman–Crippen LogP) is 3.15. The van der Waals surface area contributed by atoms with Gasteiger partial charge < -0.3 is 11.5 Å². The van der Waals surface area contributed by atoms with Gasteiger partial charge in [-0.15, -0.1) is 0 Å². The number of nitrogens with zero attached hydrogens (tertiary/aromatic N) is 1. The van der Waals surface area contributed by atoms with Crippen LogP contribution in [0.2, 0.25) is 0 Å². The Labute approximate surface area is 143 Å². The van der Waals surface area contributed by atoms with Crippen molar-refractivity contribution < 1.29 is 13.6 Å². The molecule has 25 heavy (non-hydrogen) atoms. The Morgan fingerprint density at radius 3 is 2.48 bits per heavy atom. The first kappa shape index (κ1) is 16.8. The lowest BCUT2D eigenvalue weighted by Gasteiger charge is -2.23. The number of halogens is 2. The van der Waals surface area contributed by atoms with Gasteiger partial charge in [-0.3, -0.25) is 4.79 Å². The average Bonchev–Trinajstić information content (AvgIpc) is 2.54. The number of amides is 1. The molecule has 0 unspecified atom stereocenters. The van der Waals surface area contributed by atoms with Crippen LogP contribution in [0.25, 0.3) is 5.57 Å². The molecule has 0 bridgehead atoms. The molecule has 0 saturated carbocycles. The number of carbonyl (C=O) groups is 1. The highest BCUT2D eigenvalue weighted by Gasteiger charge is 2.22. The van der Waals surface area contributed by atoms with Crippen molar-refractivity contribution in [2.24, 2.45) is 16.5 Å². The summed E-state index contributed by atoms with van der Waals surface area (Å²) in [6.45, 7) is 1.91. The molecule has 0 radical (unpaired) electrons. The van der Waals surface area contributed by atoms with Crippen molar-refractivity contribution in [3.05, 3.63) is 75.9 Å². The summed E-state index contributed by atoms with van der Waals surface area (Å²) in [7, 11) is 0. The fraction of sp³-hybridized carbons (Fsp3) is 0.158. The van der Waals surface area contributed by atoms with E-state index in [1.165, 1.54) is 12.1 Å². The molecule has 0 fully saturated rings. The van der Waals surface area contributed by atoms with Crippen LogP contribution >= 0.6 is 0 Å². The number of nitrogens with two attached hydrogens (primary N) is 2. The second-order valence-corrected chi connectivity index (χ2v) is 5.99. The van der Waals surface area contributed by atoms with E-state index in [1.54, 1.807) is 12.1 Å². The molecular formula is C19H17F2N3O. The van der Waals surface area contributed by atoms with Crippen LogP contribution < -0.4 is 11.5 Å². The summed E-state index contributed by atoms with van der Waals surface area (Å²) >= 11 is 0. The van der Waals surface area contributed by atoms with Gasteiger partial charge in [0, 0.05) is 17.2 Å². The van der Waals surface area contributed by atoms with Crippen molar-refractivity contribution in [1.29, 1.82) is 0 Å². The van der Waals surface area contributed by atoms with Crippen LogP contribution in [0.1, 0.15) is 40.4 Å². The molecule has 0 atom stereocenters. The normalized spacial score (nSPS) is 13.4. The van der Waals surface area contributed by atoms with Gasteiger partial charge in [0.2, 0.25) is 0 Å². The lowest BCUT2D eigenvalue weighted by Crippen LogP contribution is -2.24. The zero-order chi connectivity index (χ0) is 18.1. The van der Waals surface area contributed by atoms with Crippen molar-refractivity contribution in [3.8, 4) is 0 Å². The van der Waals surface area contributed by atoms with Gasteiger partial charge in [-0.25, -0.2) is 8.78 Å². The minimum Gasteiger partial charge on any atom is -0.370 e. The molecule has 2 aromatic rings. The first-order chi connectivity index (χ1) is 11.9. The van der Waals surface area contributed by atoms with Gasteiger partial charge in [0.25, 0.3) is 5.91 Å². The Kier molecular flexibility index (Phi) is 4.35. The summed E-state index contributed by atoms with van der Waals surface area (Å²) in [5, 5.41) is 0. The van der Waals surface area contributed by atoms with Crippen LogP contribution in [0.5, 0.6) is 0 Å². The summed E-state index contributed by atoms with van der Waals surface area (Å²) in [4.78, 5) is 15.6. The largest absolute Gasteiger partial charge is 0.370 e. The van der Waals surface area contributed by atoms with Crippen molar-refractivity contribution >= 4 is 17.4 Å². The van der Waals surface area contributed by atoms with Gasteiger partial charge >= 0.3 is 0 Å². The summed E-state index contributed by atoms with van der Waals surface area (Å²) in [6, 6.07) is 8.62. The Balaban J connectivity index is 2.16. The maximum absolute atomic E-state index is 14.3. The zero-order valence-corrected chi connectivity index (χ0v) is 13.6. The minimum atomic E-state index is -0.636. The van der Waals surface area contributed by atoms with E-state index in [1.807, 2.05) is 13.0 Å². The highest BCUT2D eigenvalue weighted by Crippen LogP contribution is 2.37. The Morgan fingerprint density at radius 2 is 1.80 bits per heavy atom. The molecule has 2 aromatic carbocycles. The standard InChI is InChI=1S/C19H17F2N3O/c1-10-2-3-11-4-5-12(18(25)24-19(22)23)8-15(11)17(10)14-7-6-13(20)9-16(14)21/h4-9H,2-3H2,1H3,(H4,22,23,24,25). The maximum Gasteiger partial charge on any atom is 0.280 e. The number of benzene rings is 2. The number of carbonyl (C=O) groups excluding carboxylic acids is 1. The number of fused-ring (bicyclic) bond motifs is 1. The Morgan fingerprint density at radius 1 is 1.04 bits per heavy atom. The Hall–Kier alpha value is -3.02. The smallest absolute Gasteiger partial charge is 0.280 e. The number of rotatable bonds is 2. The fourth-order valence-corrected chi connectivity index (χ4v) is 3.09. The summed E-state index contributed by atoms with van der Waals surface area (Å²) in [5.41, 5.74) is 14.5. The Bertz CT molecular complexity index is 928. The minimum absolute atomic E-state index is 0.307. The molecule has 4 nitrogen and oxygen atoms in total. The third-order valence-electron chi connectivity index (χ3n) is 4.25. The number of hydrogen-bond acceptors (Lipinski definition) is 1.